The average molecular weight is 486 g/mol. The summed E-state index contributed by atoms with van der Waals surface area (Å²) in [5, 5.41) is 13.4. The molecule has 3 aromatic rings. The van der Waals surface area contributed by atoms with E-state index in [4.69, 9.17) is 4.74 Å². The topological polar surface area (TPSA) is 136 Å². The highest BCUT2D eigenvalue weighted by molar-refractivity contribution is 6.05. The van der Waals surface area contributed by atoms with Gasteiger partial charge in [0.1, 0.15) is 17.9 Å². The van der Waals surface area contributed by atoms with Crippen molar-refractivity contribution in [2.24, 2.45) is 0 Å². The van der Waals surface area contributed by atoms with Crippen molar-refractivity contribution in [2.45, 2.75) is 44.5 Å². The molecule has 0 aliphatic carbocycles. The van der Waals surface area contributed by atoms with Gasteiger partial charge in [0.15, 0.2) is 5.69 Å². The third-order valence-electron chi connectivity index (χ3n) is 6.82. The number of benzene rings is 2. The second kappa shape index (κ2) is 8.29. The summed E-state index contributed by atoms with van der Waals surface area (Å²) in [6, 6.07) is 11.8. The Bertz CT molecular complexity index is 1430. The first-order chi connectivity index (χ1) is 17.4. The van der Waals surface area contributed by atoms with Crippen molar-refractivity contribution in [3.05, 3.63) is 71.0 Å². The van der Waals surface area contributed by atoms with E-state index >= 15 is 0 Å². The second-order valence-electron chi connectivity index (χ2n) is 9.10. The van der Waals surface area contributed by atoms with Gasteiger partial charge in [-0.15, -0.1) is 5.10 Å². The van der Waals surface area contributed by atoms with E-state index in [0.717, 1.165) is 16.9 Å². The maximum atomic E-state index is 12.9. The number of para-hydroxylation sites is 1. The van der Waals surface area contributed by atoms with Crippen molar-refractivity contribution < 1.29 is 23.9 Å². The minimum Gasteiger partial charge on any atom is -0.488 e. The molecule has 3 unspecified atom stereocenters. The molecule has 6 rings (SSSR count). The van der Waals surface area contributed by atoms with Crippen LogP contribution < -0.4 is 15.4 Å². The zero-order valence-electron chi connectivity index (χ0n) is 19.3. The number of nitrogens with zero attached hydrogens (tertiary/aromatic N) is 4. The molecule has 36 heavy (non-hydrogen) atoms. The van der Waals surface area contributed by atoms with Gasteiger partial charge < -0.3 is 15.0 Å². The number of carbonyl (C=O) groups excluding carboxylic acids is 4. The number of rotatable bonds is 4. The van der Waals surface area contributed by atoms with Crippen LogP contribution in [-0.2, 0) is 16.1 Å². The van der Waals surface area contributed by atoms with Crippen molar-refractivity contribution >= 4 is 23.6 Å². The van der Waals surface area contributed by atoms with E-state index in [1.807, 2.05) is 31.2 Å². The van der Waals surface area contributed by atoms with Crippen LogP contribution in [0.15, 0.2) is 48.7 Å². The molecular weight excluding hydrogens is 464 g/mol. The molecule has 11 heteroatoms. The third-order valence-corrected chi connectivity index (χ3v) is 6.82. The number of hydrogen-bond donors (Lipinski definition) is 2. The summed E-state index contributed by atoms with van der Waals surface area (Å²) < 4.78 is 7.29. The lowest BCUT2D eigenvalue weighted by Gasteiger charge is -2.29. The lowest BCUT2D eigenvalue weighted by molar-refractivity contribution is -0.136. The highest BCUT2D eigenvalue weighted by Gasteiger charge is 2.39. The Morgan fingerprint density at radius 3 is 2.83 bits per heavy atom. The first-order valence-corrected chi connectivity index (χ1v) is 11.7. The monoisotopic (exact) mass is 486 g/mol. The minimum atomic E-state index is -0.681. The summed E-state index contributed by atoms with van der Waals surface area (Å²) in [5.74, 6) is -0.660. The average Bonchev–Trinajstić information content (AvgIpc) is 3.56. The number of fused-ring (bicyclic) bond motifs is 2. The fourth-order valence-corrected chi connectivity index (χ4v) is 4.97. The molecule has 4 heterocycles. The maximum Gasteiger partial charge on any atom is 0.274 e. The molecule has 0 radical (unpaired) electrons. The molecule has 1 fully saturated rings. The Labute approximate surface area is 205 Å². The fraction of sp³-hybridized carbons (Fsp3) is 0.280. The Balaban J connectivity index is 1.19. The van der Waals surface area contributed by atoms with Crippen LogP contribution in [0, 0.1) is 0 Å². The predicted molar refractivity (Wildman–Crippen MR) is 124 cm³/mol. The summed E-state index contributed by atoms with van der Waals surface area (Å²) in [7, 11) is 0. The zero-order valence-corrected chi connectivity index (χ0v) is 19.3. The van der Waals surface area contributed by atoms with Gasteiger partial charge in [-0.1, -0.05) is 23.4 Å². The number of carbonyl (C=O) groups is 4. The van der Waals surface area contributed by atoms with E-state index in [1.54, 1.807) is 18.2 Å². The molecule has 3 aliphatic rings. The van der Waals surface area contributed by atoms with Gasteiger partial charge in [0.2, 0.25) is 11.8 Å². The molecule has 182 valence electrons. The van der Waals surface area contributed by atoms with E-state index in [1.165, 1.54) is 15.8 Å². The fourth-order valence-electron chi connectivity index (χ4n) is 4.97. The van der Waals surface area contributed by atoms with Gasteiger partial charge >= 0.3 is 0 Å². The number of aromatic nitrogens is 3. The predicted octanol–water partition coefficient (Wildman–Crippen LogP) is 1.28. The van der Waals surface area contributed by atoms with Crippen LogP contribution in [0.3, 0.4) is 0 Å². The Kier molecular flexibility index (Phi) is 5.06. The summed E-state index contributed by atoms with van der Waals surface area (Å²) in [4.78, 5) is 51.0. The number of hydrogen-bond acceptors (Lipinski definition) is 7. The van der Waals surface area contributed by atoms with E-state index in [2.05, 4.69) is 20.9 Å². The van der Waals surface area contributed by atoms with Crippen molar-refractivity contribution in [2.75, 3.05) is 0 Å². The summed E-state index contributed by atoms with van der Waals surface area (Å²) in [6.45, 7) is 2.14. The number of imide groups is 1. The van der Waals surface area contributed by atoms with Gasteiger partial charge in [0, 0.05) is 24.1 Å². The molecule has 0 saturated carbocycles. The van der Waals surface area contributed by atoms with Crippen molar-refractivity contribution in [3.8, 4) is 11.4 Å². The minimum absolute atomic E-state index is 0.147. The van der Waals surface area contributed by atoms with Gasteiger partial charge in [-0.3, -0.25) is 24.5 Å². The molecule has 0 spiro atoms. The Hall–Kier alpha value is -4.54. The van der Waals surface area contributed by atoms with Gasteiger partial charge in [0.25, 0.3) is 11.8 Å². The van der Waals surface area contributed by atoms with Crippen molar-refractivity contribution in [3.63, 3.8) is 0 Å². The number of ether oxygens (including phenoxy) is 1. The first kappa shape index (κ1) is 22.0. The Morgan fingerprint density at radius 1 is 1.17 bits per heavy atom. The van der Waals surface area contributed by atoms with Crippen LogP contribution >= 0.6 is 0 Å². The van der Waals surface area contributed by atoms with Crippen LogP contribution in [0.25, 0.3) is 5.69 Å². The van der Waals surface area contributed by atoms with Crippen molar-refractivity contribution in [1.82, 2.24) is 30.5 Å². The molecule has 2 aromatic carbocycles. The van der Waals surface area contributed by atoms with E-state index in [9.17, 15) is 19.2 Å². The van der Waals surface area contributed by atoms with Gasteiger partial charge in [-0.25, -0.2) is 4.68 Å². The zero-order chi connectivity index (χ0) is 25.0. The van der Waals surface area contributed by atoms with Crippen LogP contribution in [0.4, 0.5) is 0 Å². The van der Waals surface area contributed by atoms with Crippen LogP contribution in [0.1, 0.15) is 57.8 Å². The number of piperidine rings is 1. The van der Waals surface area contributed by atoms with Crippen molar-refractivity contribution in [1.29, 1.82) is 0 Å². The number of nitrogens with one attached hydrogen (secondary N) is 2. The molecule has 3 atom stereocenters. The van der Waals surface area contributed by atoms with Crippen LogP contribution in [-0.4, -0.2) is 55.7 Å². The maximum absolute atomic E-state index is 12.9. The molecular formula is C25H22N6O5. The SMILES string of the molecule is CC1Oc2ccccc2C1NC(=O)c1cn(-c2ccc3c(c2)CN(C2CCC(=O)NC2=O)C3=O)nn1. The Morgan fingerprint density at radius 2 is 2.00 bits per heavy atom. The summed E-state index contributed by atoms with van der Waals surface area (Å²) in [6.07, 6.45) is 1.80. The lowest BCUT2D eigenvalue weighted by atomic mass is 10.0. The quantitative estimate of drug-likeness (QED) is 0.530. The standard InChI is InChI=1S/C25H22N6O5/c1-13-22(17-4-2-3-5-20(17)36-13)27-23(33)18-12-31(29-28-18)15-6-7-16-14(10-15)11-30(25(16)35)19-8-9-21(32)26-24(19)34/h2-7,10,12-13,19,22H,8-9,11H2,1H3,(H,27,33)(H,26,32,34). The molecule has 1 aromatic heterocycles. The van der Waals surface area contributed by atoms with Gasteiger partial charge in [0.05, 0.1) is 17.9 Å². The number of amides is 4. The third kappa shape index (κ3) is 3.60. The second-order valence-corrected chi connectivity index (χ2v) is 9.10. The summed E-state index contributed by atoms with van der Waals surface area (Å²) in [5.41, 5.74) is 2.91. The first-order valence-electron chi connectivity index (χ1n) is 11.7. The lowest BCUT2D eigenvalue weighted by Crippen LogP contribution is -2.52. The van der Waals surface area contributed by atoms with Gasteiger partial charge in [-0.05, 0) is 43.2 Å². The van der Waals surface area contributed by atoms with Gasteiger partial charge in [-0.2, -0.15) is 0 Å². The molecule has 11 nitrogen and oxygen atoms in total. The summed E-state index contributed by atoms with van der Waals surface area (Å²) >= 11 is 0. The largest absolute Gasteiger partial charge is 0.488 e. The normalized spacial score (nSPS) is 22.6. The molecule has 1 saturated heterocycles. The van der Waals surface area contributed by atoms with E-state index in [0.29, 0.717) is 17.7 Å². The molecule has 2 N–H and O–H groups in total. The van der Waals surface area contributed by atoms with Crippen LogP contribution in [0.2, 0.25) is 0 Å². The molecule has 0 bridgehead atoms. The van der Waals surface area contributed by atoms with Crippen LogP contribution in [0.5, 0.6) is 5.75 Å². The molecule has 4 amide bonds. The smallest absolute Gasteiger partial charge is 0.274 e. The van der Waals surface area contributed by atoms with E-state index in [-0.39, 0.29) is 48.5 Å². The highest BCUT2D eigenvalue weighted by atomic mass is 16.5. The highest BCUT2D eigenvalue weighted by Crippen LogP contribution is 2.36. The molecule has 3 aliphatic heterocycles. The van der Waals surface area contributed by atoms with E-state index < -0.39 is 11.9 Å².